The second-order valence-corrected chi connectivity index (χ2v) is 4.02. The minimum absolute atomic E-state index is 0.286. The number of pyridine rings is 1. The zero-order valence-corrected chi connectivity index (χ0v) is 8.49. The Balaban J connectivity index is 2.07. The van der Waals surface area contributed by atoms with E-state index in [4.69, 9.17) is 0 Å². The molecule has 0 saturated carbocycles. The molecule has 1 aliphatic carbocycles. The SMILES string of the molecule is CC(=O)CCC1CCc2cccnc21. The minimum Gasteiger partial charge on any atom is -0.300 e. The smallest absolute Gasteiger partial charge is 0.129 e. The van der Waals surface area contributed by atoms with Crippen LogP contribution in [0.2, 0.25) is 0 Å². The van der Waals surface area contributed by atoms with Crippen molar-refractivity contribution in [3.8, 4) is 0 Å². The fourth-order valence-electron chi connectivity index (χ4n) is 2.15. The molecular formula is C12H15NO. The maximum absolute atomic E-state index is 10.9. The van der Waals surface area contributed by atoms with Gasteiger partial charge in [0.15, 0.2) is 0 Å². The Bertz CT molecular complexity index is 346. The van der Waals surface area contributed by atoms with E-state index < -0.39 is 0 Å². The molecule has 2 nitrogen and oxygen atoms in total. The number of Topliss-reactive ketones (excluding diaryl/α,β-unsaturated/α-hetero) is 1. The van der Waals surface area contributed by atoms with Crippen LogP contribution in [0.3, 0.4) is 0 Å². The zero-order valence-electron chi connectivity index (χ0n) is 8.49. The number of aromatic nitrogens is 1. The Kier molecular flexibility index (Phi) is 2.62. The van der Waals surface area contributed by atoms with E-state index in [2.05, 4.69) is 11.1 Å². The summed E-state index contributed by atoms with van der Waals surface area (Å²) in [5.74, 6) is 0.810. The molecule has 2 rings (SSSR count). The van der Waals surface area contributed by atoms with Crippen LogP contribution < -0.4 is 0 Å². The summed E-state index contributed by atoms with van der Waals surface area (Å²) in [6.07, 6.45) is 5.82. The molecule has 1 aromatic heterocycles. The summed E-state index contributed by atoms with van der Waals surface area (Å²) in [5.41, 5.74) is 2.61. The Hall–Kier alpha value is -1.18. The third-order valence-electron chi connectivity index (χ3n) is 2.92. The quantitative estimate of drug-likeness (QED) is 0.731. The minimum atomic E-state index is 0.286. The number of hydrogen-bond donors (Lipinski definition) is 0. The molecule has 0 radical (unpaired) electrons. The van der Waals surface area contributed by atoms with Crippen molar-refractivity contribution in [2.45, 2.75) is 38.5 Å². The molecule has 0 amide bonds. The summed E-state index contributed by atoms with van der Waals surface area (Å²) in [4.78, 5) is 15.3. The van der Waals surface area contributed by atoms with Gasteiger partial charge in [-0.3, -0.25) is 4.98 Å². The molecular weight excluding hydrogens is 174 g/mol. The molecule has 0 saturated heterocycles. The Morgan fingerprint density at radius 1 is 1.64 bits per heavy atom. The first-order valence-corrected chi connectivity index (χ1v) is 5.20. The van der Waals surface area contributed by atoms with E-state index in [0.717, 1.165) is 12.8 Å². The van der Waals surface area contributed by atoms with Crippen molar-refractivity contribution in [2.24, 2.45) is 0 Å². The lowest BCUT2D eigenvalue weighted by molar-refractivity contribution is -0.117. The number of fused-ring (bicyclic) bond motifs is 1. The first-order chi connectivity index (χ1) is 6.77. The lowest BCUT2D eigenvalue weighted by Gasteiger charge is -2.08. The number of aryl methyl sites for hydroxylation is 1. The van der Waals surface area contributed by atoms with E-state index >= 15 is 0 Å². The van der Waals surface area contributed by atoms with E-state index in [1.54, 1.807) is 6.92 Å². The van der Waals surface area contributed by atoms with Crippen molar-refractivity contribution in [3.05, 3.63) is 29.6 Å². The molecule has 0 spiro atoms. The van der Waals surface area contributed by atoms with Crippen LogP contribution in [0, 0.1) is 0 Å². The highest BCUT2D eigenvalue weighted by atomic mass is 16.1. The maximum atomic E-state index is 10.9. The van der Waals surface area contributed by atoms with Gasteiger partial charge in [-0.25, -0.2) is 0 Å². The monoisotopic (exact) mass is 189 g/mol. The molecule has 1 unspecified atom stereocenters. The summed E-state index contributed by atoms with van der Waals surface area (Å²) in [6.45, 7) is 1.66. The maximum Gasteiger partial charge on any atom is 0.129 e. The van der Waals surface area contributed by atoms with Crippen LogP contribution in [-0.4, -0.2) is 10.8 Å². The Morgan fingerprint density at radius 2 is 2.50 bits per heavy atom. The van der Waals surface area contributed by atoms with Crippen LogP contribution in [0.5, 0.6) is 0 Å². The third kappa shape index (κ3) is 1.84. The standard InChI is InChI=1S/C12H15NO/c1-9(14)4-5-11-7-6-10-3-2-8-13-12(10)11/h2-3,8,11H,4-7H2,1H3. The highest BCUT2D eigenvalue weighted by Gasteiger charge is 2.23. The van der Waals surface area contributed by atoms with Crippen LogP contribution in [0.25, 0.3) is 0 Å². The highest BCUT2D eigenvalue weighted by Crippen LogP contribution is 2.34. The average Bonchev–Trinajstić information content (AvgIpc) is 2.58. The van der Waals surface area contributed by atoms with Gasteiger partial charge in [-0.05, 0) is 37.8 Å². The second-order valence-electron chi connectivity index (χ2n) is 4.02. The molecule has 2 heteroatoms. The van der Waals surface area contributed by atoms with Crippen LogP contribution in [0.4, 0.5) is 0 Å². The molecule has 0 aromatic carbocycles. The van der Waals surface area contributed by atoms with E-state index in [0.29, 0.717) is 12.3 Å². The molecule has 74 valence electrons. The van der Waals surface area contributed by atoms with Crippen molar-refractivity contribution < 1.29 is 4.79 Å². The van der Waals surface area contributed by atoms with Crippen LogP contribution in [-0.2, 0) is 11.2 Å². The molecule has 0 N–H and O–H groups in total. The number of rotatable bonds is 3. The predicted molar refractivity (Wildman–Crippen MR) is 55.2 cm³/mol. The van der Waals surface area contributed by atoms with Crippen LogP contribution >= 0.6 is 0 Å². The first kappa shape index (κ1) is 9.38. The van der Waals surface area contributed by atoms with Gasteiger partial charge < -0.3 is 4.79 Å². The fraction of sp³-hybridized carbons (Fsp3) is 0.500. The third-order valence-corrected chi connectivity index (χ3v) is 2.92. The van der Waals surface area contributed by atoms with Crippen molar-refractivity contribution >= 4 is 5.78 Å². The molecule has 0 aliphatic heterocycles. The largest absolute Gasteiger partial charge is 0.300 e. The van der Waals surface area contributed by atoms with E-state index in [-0.39, 0.29) is 5.78 Å². The fourth-order valence-corrected chi connectivity index (χ4v) is 2.15. The van der Waals surface area contributed by atoms with Gasteiger partial charge in [0.25, 0.3) is 0 Å². The van der Waals surface area contributed by atoms with Gasteiger partial charge in [0.05, 0.1) is 0 Å². The Labute approximate surface area is 84.4 Å². The van der Waals surface area contributed by atoms with Crippen molar-refractivity contribution in [2.75, 3.05) is 0 Å². The van der Waals surface area contributed by atoms with Gasteiger partial charge in [-0.15, -0.1) is 0 Å². The first-order valence-electron chi connectivity index (χ1n) is 5.20. The average molecular weight is 189 g/mol. The summed E-state index contributed by atoms with van der Waals surface area (Å²) in [7, 11) is 0. The summed E-state index contributed by atoms with van der Waals surface area (Å²) < 4.78 is 0. The van der Waals surface area contributed by atoms with E-state index in [1.807, 2.05) is 12.3 Å². The van der Waals surface area contributed by atoms with Gasteiger partial charge in [-0.1, -0.05) is 6.07 Å². The highest BCUT2D eigenvalue weighted by molar-refractivity contribution is 5.75. The zero-order chi connectivity index (χ0) is 9.97. The molecule has 1 atom stereocenters. The van der Waals surface area contributed by atoms with Gasteiger partial charge in [0, 0.05) is 24.2 Å². The Morgan fingerprint density at radius 3 is 3.29 bits per heavy atom. The predicted octanol–water partition coefficient (Wildman–Crippen LogP) is 2.48. The van der Waals surface area contributed by atoms with E-state index in [9.17, 15) is 4.79 Å². The lowest BCUT2D eigenvalue weighted by Crippen LogP contribution is -1.99. The van der Waals surface area contributed by atoms with Crippen molar-refractivity contribution in [1.82, 2.24) is 4.98 Å². The summed E-state index contributed by atoms with van der Waals surface area (Å²) >= 11 is 0. The number of carbonyl (C=O) groups is 1. The number of nitrogens with zero attached hydrogens (tertiary/aromatic N) is 1. The topological polar surface area (TPSA) is 30.0 Å². The number of ketones is 1. The summed E-state index contributed by atoms with van der Waals surface area (Å²) in [6, 6.07) is 4.14. The molecule has 1 aromatic rings. The van der Waals surface area contributed by atoms with Gasteiger partial charge in [0.1, 0.15) is 5.78 Å². The molecule has 1 heterocycles. The number of carbonyl (C=O) groups excluding carboxylic acids is 1. The molecule has 0 fully saturated rings. The molecule has 0 bridgehead atoms. The van der Waals surface area contributed by atoms with E-state index in [1.165, 1.54) is 17.7 Å². The van der Waals surface area contributed by atoms with Gasteiger partial charge in [0.2, 0.25) is 0 Å². The molecule has 1 aliphatic rings. The summed E-state index contributed by atoms with van der Waals surface area (Å²) in [5, 5.41) is 0. The van der Waals surface area contributed by atoms with Gasteiger partial charge in [-0.2, -0.15) is 0 Å². The van der Waals surface area contributed by atoms with Crippen LogP contribution in [0.1, 0.15) is 43.4 Å². The number of hydrogen-bond acceptors (Lipinski definition) is 2. The van der Waals surface area contributed by atoms with Gasteiger partial charge >= 0.3 is 0 Å². The normalized spacial score (nSPS) is 19.4. The van der Waals surface area contributed by atoms with Crippen molar-refractivity contribution in [3.63, 3.8) is 0 Å². The molecule has 14 heavy (non-hydrogen) atoms. The van der Waals surface area contributed by atoms with Crippen molar-refractivity contribution in [1.29, 1.82) is 0 Å². The second kappa shape index (κ2) is 3.91. The van der Waals surface area contributed by atoms with Crippen LogP contribution in [0.15, 0.2) is 18.3 Å². The lowest BCUT2D eigenvalue weighted by atomic mass is 9.99.